The highest BCUT2D eigenvalue weighted by Gasteiger charge is 2.42. The van der Waals surface area contributed by atoms with Gasteiger partial charge in [0.15, 0.2) is 0 Å². The smallest absolute Gasteiger partial charge is 0.309 e. The van der Waals surface area contributed by atoms with Gasteiger partial charge in [0.2, 0.25) is 11.8 Å². The van der Waals surface area contributed by atoms with E-state index < -0.39 is 0 Å². The molecule has 35 heavy (non-hydrogen) atoms. The number of rotatable bonds is 7. The van der Waals surface area contributed by atoms with Gasteiger partial charge in [0.05, 0.1) is 18.6 Å². The molecule has 8 heteroatoms. The van der Waals surface area contributed by atoms with Crippen molar-refractivity contribution in [2.24, 2.45) is 22.2 Å². The summed E-state index contributed by atoms with van der Waals surface area (Å²) in [7, 11) is 0. The number of likely N-dealkylation sites (tertiary alicyclic amines) is 1. The second-order valence-corrected chi connectivity index (χ2v) is 10.9. The molecule has 4 aliphatic rings. The molecule has 0 aromatic carbocycles. The van der Waals surface area contributed by atoms with Gasteiger partial charge < -0.3 is 19.7 Å². The van der Waals surface area contributed by atoms with Crippen LogP contribution in [-0.4, -0.2) is 73.9 Å². The van der Waals surface area contributed by atoms with Crippen molar-refractivity contribution in [3.8, 4) is 0 Å². The van der Waals surface area contributed by atoms with Crippen LogP contribution >= 0.6 is 0 Å². The highest BCUT2D eigenvalue weighted by atomic mass is 16.5. The van der Waals surface area contributed by atoms with Crippen LogP contribution in [0.25, 0.3) is 0 Å². The standard InChI is InChI=1S/C27H41N3O5/c1-4-21-23-20(16-27(17-28-24(23)31)9-14-34-15-10-27)22(29-21)6-5-13-35-26(33)19-7-11-30(12-8-19)25(32)18(2)3/h18-19,21H,4-17H2,1-3H3,(H,28,31). The summed E-state index contributed by atoms with van der Waals surface area (Å²) in [5.74, 6) is -0.115. The third-order valence-electron chi connectivity index (χ3n) is 8.11. The van der Waals surface area contributed by atoms with Gasteiger partial charge in [-0.05, 0) is 62.4 Å². The molecule has 0 aromatic rings. The summed E-state index contributed by atoms with van der Waals surface area (Å²) >= 11 is 0. The molecule has 0 aromatic heterocycles. The molecule has 1 spiro atoms. The summed E-state index contributed by atoms with van der Waals surface area (Å²) in [4.78, 5) is 44.5. The quantitative estimate of drug-likeness (QED) is 0.440. The number of carbonyl (C=O) groups excluding carboxylic acids is 3. The molecule has 4 rings (SSSR count). The Balaban J connectivity index is 1.29. The van der Waals surface area contributed by atoms with Crippen molar-refractivity contribution in [1.82, 2.24) is 10.2 Å². The number of piperidine rings is 1. The molecule has 4 aliphatic heterocycles. The van der Waals surface area contributed by atoms with Crippen molar-refractivity contribution >= 4 is 23.5 Å². The lowest BCUT2D eigenvalue weighted by atomic mass is 9.74. The van der Waals surface area contributed by atoms with Crippen LogP contribution in [0.15, 0.2) is 16.1 Å². The van der Waals surface area contributed by atoms with Gasteiger partial charge in [-0.2, -0.15) is 0 Å². The number of esters is 1. The van der Waals surface area contributed by atoms with Crippen molar-refractivity contribution in [3.63, 3.8) is 0 Å². The molecule has 0 radical (unpaired) electrons. The zero-order chi connectivity index (χ0) is 25.0. The summed E-state index contributed by atoms with van der Waals surface area (Å²) in [5, 5.41) is 3.18. The molecule has 2 fully saturated rings. The van der Waals surface area contributed by atoms with E-state index in [0.717, 1.165) is 55.8 Å². The summed E-state index contributed by atoms with van der Waals surface area (Å²) in [6.07, 6.45) is 6.31. The van der Waals surface area contributed by atoms with Crippen LogP contribution in [-0.2, 0) is 23.9 Å². The van der Waals surface area contributed by atoms with Crippen molar-refractivity contribution < 1.29 is 23.9 Å². The van der Waals surface area contributed by atoms with Gasteiger partial charge in [-0.25, -0.2) is 0 Å². The zero-order valence-electron chi connectivity index (χ0n) is 21.6. The monoisotopic (exact) mass is 487 g/mol. The van der Waals surface area contributed by atoms with E-state index in [0.29, 0.717) is 51.9 Å². The van der Waals surface area contributed by atoms with Crippen LogP contribution in [0.1, 0.15) is 72.1 Å². The third-order valence-corrected chi connectivity index (χ3v) is 8.11. The lowest BCUT2D eigenvalue weighted by Gasteiger charge is -2.36. The number of ether oxygens (including phenoxy) is 2. The molecule has 0 saturated carbocycles. The lowest BCUT2D eigenvalue weighted by Crippen LogP contribution is -2.42. The molecule has 2 saturated heterocycles. The molecule has 194 valence electrons. The summed E-state index contributed by atoms with van der Waals surface area (Å²) < 4.78 is 11.2. The zero-order valence-corrected chi connectivity index (χ0v) is 21.6. The second kappa shape index (κ2) is 11.2. The predicted octanol–water partition coefficient (Wildman–Crippen LogP) is 3.05. The van der Waals surface area contributed by atoms with Crippen LogP contribution in [0.4, 0.5) is 0 Å². The Kier molecular flexibility index (Phi) is 8.30. The largest absolute Gasteiger partial charge is 0.465 e. The molecular formula is C27H41N3O5. The fraction of sp³-hybridized carbons (Fsp3) is 0.778. The van der Waals surface area contributed by atoms with Gasteiger partial charge in [0.1, 0.15) is 0 Å². The molecule has 0 aliphatic carbocycles. The van der Waals surface area contributed by atoms with Crippen LogP contribution in [0.2, 0.25) is 0 Å². The summed E-state index contributed by atoms with van der Waals surface area (Å²) in [5.41, 5.74) is 3.05. The summed E-state index contributed by atoms with van der Waals surface area (Å²) in [6.45, 7) is 9.67. The maximum Gasteiger partial charge on any atom is 0.309 e. The number of amides is 2. The average Bonchev–Trinajstić information content (AvgIpc) is 3.15. The van der Waals surface area contributed by atoms with Gasteiger partial charge in [-0.3, -0.25) is 19.4 Å². The molecule has 8 nitrogen and oxygen atoms in total. The minimum absolute atomic E-state index is 0.0131. The highest BCUT2D eigenvalue weighted by Crippen LogP contribution is 2.42. The first-order chi connectivity index (χ1) is 16.8. The average molecular weight is 488 g/mol. The first-order valence-corrected chi connectivity index (χ1v) is 13.4. The Morgan fingerprint density at radius 2 is 1.94 bits per heavy atom. The Bertz CT molecular complexity index is 879. The number of hydrogen-bond donors (Lipinski definition) is 1. The molecular weight excluding hydrogens is 446 g/mol. The Labute approximate surface area is 208 Å². The first kappa shape index (κ1) is 25.9. The number of allylic oxidation sites excluding steroid dienone is 1. The topological polar surface area (TPSA) is 97.3 Å². The number of hydrogen-bond acceptors (Lipinski definition) is 6. The SMILES string of the molecule is CCC1N=C(CCCOC(=O)C2CCN(C(=O)C(C)C)CC2)C2=C1C(=O)NCC1(CCOCC1)C2. The van der Waals surface area contributed by atoms with E-state index in [9.17, 15) is 14.4 Å². The van der Waals surface area contributed by atoms with Crippen LogP contribution in [0, 0.1) is 17.3 Å². The van der Waals surface area contributed by atoms with Gasteiger partial charge >= 0.3 is 5.97 Å². The number of nitrogens with one attached hydrogen (secondary N) is 1. The van der Waals surface area contributed by atoms with E-state index in [4.69, 9.17) is 14.5 Å². The van der Waals surface area contributed by atoms with E-state index in [1.165, 1.54) is 0 Å². The lowest BCUT2D eigenvalue weighted by molar-refractivity contribution is -0.152. The molecule has 2 amide bonds. The minimum atomic E-state index is -0.156. The van der Waals surface area contributed by atoms with Gasteiger partial charge in [0, 0.05) is 50.1 Å². The molecule has 1 N–H and O–H groups in total. The van der Waals surface area contributed by atoms with E-state index in [2.05, 4.69) is 12.2 Å². The molecule has 1 unspecified atom stereocenters. The molecule has 0 bridgehead atoms. The number of aliphatic imine (C=N–C) groups is 1. The van der Waals surface area contributed by atoms with Crippen molar-refractivity contribution in [2.45, 2.75) is 78.2 Å². The minimum Gasteiger partial charge on any atom is -0.465 e. The Morgan fingerprint density at radius 1 is 1.23 bits per heavy atom. The van der Waals surface area contributed by atoms with Gasteiger partial charge in [-0.1, -0.05) is 20.8 Å². The van der Waals surface area contributed by atoms with Crippen molar-refractivity contribution in [2.75, 3.05) is 39.5 Å². The fourth-order valence-corrected chi connectivity index (χ4v) is 5.87. The predicted molar refractivity (Wildman–Crippen MR) is 133 cm³/mol. The van der Waals surface area contributed by atoms with Crippen molar-refractivity contribution in [3.05, 3.63) is 11.1 Å². The summed E-state index contributed by atoms with van der Waals surface area (Å²) in [6, 6.07) is -0.0729. The van der Waals surface area contributed by atoms with E-state index in [-0.39, 0.29) is 41.1 Å². The van der Waals surface area contributed by atoms with Crippen LogP contribution in [0.5, 0.6) is 0 Å². The van der Waals surface area contributed by atoms with Crippen LogP contribution in [0.3, 0.4) is 0 Å². The van der Waals surface area contributed by atoms with Gasteiger partial charge in [-0.15, -0.1) is 0 Å². The maximum atomic E-state index is 13.0. The highest BCUT2D eigenvalue weighted by molar-refractivity contribution is 6.12. The fourth-order valence-electron chi connectivity index (χ4n) is 5.87. The van der Waals surface area contributed by atoms with Crippen LogP contribution < -0.4 is 5.32 Å². The third kappa shape index (κ3) is 5.79. The maximum absolute atomic E-state index is 13.0. The Morgan fingerprint density at radius 3 is 2.60 bits per heavy atom. The Hall–Kier alpha value is -2.22. The second-order valence-electron chi connectivity index (χ2n) is 10.9. The normalized spacial score (nSPS) is 24.8. The van der Waals surface area contributed by atoms with E-state index >= 15 is 0 Å². The van der Waals surface area contributed by atoms with E-state index in [1.807, 2.05) is 18.7 Å². The first-order valence-electron chi connectivity index (χ1n) is 13.4. The van der Waals surface area contributed by atoms with Crippen molar-refractivity contribution in [1.29, 1.82) is 0 Å². The van der Waals surface area contributed by atoms with Gasteiger partial charge in [0.25, 0.3) is 0 Å². The number of carbonyl (C=O) groups is 3. The van der Waals surface area contributed by atoms with E-state index in [1.54, 1.807) is 0 Å². The molecule has 4 heterocycles. The number of nitrogens with zero attached hydrogens (tertiary/aromatic N) is 2. The molecule has 1 atom stereocenters.